The van der Waals surface area contributed by atoms with Gasteiger partial charge in [-0.2, -0.15) is 0 Å². The van der Waals surface area contributed by atoms with E-state index < -0.39 is 31.3 Å². The van der Waals surface area contributed by atoms with E-state index in [-0.39, 0.29) is 12.4 Å². The van der Waals surface area contributed by atoms with E-state index in [9.17, 15) is 5.11 Å². The lowest BCUT2D eigenvalue weighted by Gasteiger charge is -2.22. The van der Waals surface area contributed by atoms with Crippen molar-refractivity contribution in [1.82, 2.24) is 0 Å². The molecule has 0 saturated heterocycles. The van der Waals surface area contributed by atoms with Crippen molar-refractivity contribution in [2.45, 2.75) is 26.7 Å². The Bertz CT molecular complexity index is 676. The fraction of sp³-hybridized carbons (Fsp3) is 0.429. The van der Waals surface area contributed by atoms with Gasteiger partial charge >= 0.3 is 0 Å². The molecule has 1 aromatic carbocycles. The molecule has 3 nitrogen and oxygen atoms in total. The average molecular weight is 242 g/mol. The molecule has 0 spiro atoms. The van der Waals surface area contributed by atoms with E-state index >= 15 is 0 Å². The van der Waals surface area contributed by atoms with Crippen molar-refractivity contribution < 1.29 is 25.5 Å². The summed E-state index contributed by atoms with van der Waals surface area (Å²) in [6.45, 7) is -5.52. The van der Waals surface area contributed by atoms with E-state index in [2.05, 4.69) is 0 Å². The monoisotopic (exact) mass is 242 g/mol. The van der Waals surface area contributed by atoms with Gasteiger partial charge in [0.2, 0.25) is 6.79 Å². The molecule has 1 aliphatic rings. The van der Waals surface area contributed by atoms with Crippen LogP contribution in [-0.4, -0.2) is 18.0 Å². The molecular weight excluding hydrogens is 216 g/mol. The second-order valence-electron chi connectivity index (χ2n) is 3.87. The van der Waals surface area contributed by atoms with Crippen molar-refractivity contribution in [3.05, 3.63) is 29.8 Å². The molecule has 2 rings (SSSR count). The Morgan fingerprint density at radius 2 is 2.29 bits per heavy atom. The number of ether oxygens (including phenoxy) is 2. The quantitative estimate of drug-likeness (QED) is 0.866. The molecule has 0 aliphatic carbocycles. The third-order valence-electron chi connectivity index (χ3n) is 2.26. The van der Waals surface area contributed by atoms with Crippen molar-refractivity contribution in [3.8, 4) is 11.5 Å². The molecule has 0 radical (unpaired) electrons. The van der Waals surface area contributed by atoms with Crippen molar-refractivity contribution >= 4 is 6.05 Å². The summed E-state index contributed by atoms with van der Waals surface area (Å²) in [4.78, 5) is 0. The van der Waals surface area contributed by atoms with Crippen LogP contribution in [-0.2, 0) is 0 Å². The Morgan fingerprint density at radius 1 is 1.53 bits per heavy atom. The molecule has 0 amide bonds. The molecule has 92 valence electrons. The third kappa shape index (κ3) is 2.80. The van der Waals surface area contributed by atoms with E-state index in [4.69, 9.17) is 20.4 Å². The molecule has 0 fully saturated rings. The van der Waals surface area contributed by atoms with Crippen LogP contribution in [0.4, 0.5) is 0 Å². The lowest BCUT2D eigenvalue weighted by Crippen LogP contribution is -2.23. The number of fused-ring (bicyclic) bond motifs is 1. The minimum Gasteiger partial charge on any atom is -0.454 e. The van der Waals surface area contributed by atoms with Crippen molar-refractivity contribution in [3.63, 3.8) is 0 Å². The molecule has 1 atom stereocenters. The fourth-order valence-corrected chi connectivity index (χ4v) is 1.28. The van der Waals surface area contributed by atoms with Crippen LogP contribution < -0.4 is 9.47 Å². The first-order valence-corrected chi connectivity index (χ1v) is 5.02. The second kappa shape index (κ2) is 4.41. The second-order valence-corrected chi connectivity index (χ2v) is 3.87. The van der Waals surface area contributed by atoms with Crippen LogP contribution in [0.1, 0.15) is 37.2 Å². The van der Waals surface area contributed by atoms with Gasteiger partial charge in [-0.15, -0.1) is 0 Å². The smallest absolute Gasteiger partial charge is 0.231 e. The zero-order valence-corrected chi connectivity index (χ0v) is 9.28. The summed E-state index contributed by atoms with van der Waals surface area (Å²) in [7, 11) is 0. The third-order valence-corrected chi connectivity index (χ3v) is 2.26. The van der Waals surface area contributed by atoms with Crippen molar-refractivity contribution in [2.75, 3.05) is 6.79 Å². The Kier molecular flexibility index (Phi) is 1.41. The fourth-order valence-electron chi connectivity index (χ4n) is 1.28. The standard InChI is InChI=1S/C14H18O3/c1-14(2,3)13(15)7-5-10-4-6-11-12(8-10)17-9-16-11/h4-8,13,15H,9H2,1-3H3/b7-5+/i1D3,2D3,5D,13D. The molecule has 0 bridgehead atoms. The predicted octanol–water partition coefficient (Wildman–Crippen LogP) is 2.84. The molecule has 1 heterocycles. The summed E-state index contributed by atoms with van der Waals surface area (Å²) in [6, 6.07) is 4.01. The summed E-state index contributed by atoms with van der Waals surface area (Å²) < 4.78 is 71.4. The molecule has 1 unspecified atom stereocenters. The minimum absolute atomic E-state index is 0.0222. The van der Waals surface area contributed by atoms with Gasteiger partial charge in [-0.3, -0.25) is 0 Å². The molecule has 1 aromatic rings. The number of hydrogen-bond donors (Lipinski definition) is 1. The summed E-state index contributed by atoms with van der Waals surface area (Å²) >= 11 is 0. The number of aliphatic hydroxyl groups is 1. The van der Waals surface area contributed by atoms with E-state index in [0.717, 1.165) is 6.92 Å². The maximum atomic E-state index is 10.4. The van der Waals surface area contributed by atoms with Gasteiger partial charge in [0.25, 0.3) is 0 Å². The van der Waals surface area contributed by atoms with E-state index in [0.29, 0.717) is 17.6 Å². The Morgan fingerprint density at radius 3 is 3.06 bits per heavy atom. The molecular formula is C14H18O3. The van der Waals surface area contributed by atoms with Gasteiger partial charge in [0, 0.05) is 8.22 Å². The number of rotatable bonds is 2. The number of benzene rings is 1. The zero-order chi connectivity index (χ0) is 19.3. The highest BCUT2D eigenvalue weighted by Crippen LogP contribution is 2.33. The van der Waals surface area contributed by atoms with Gasteiger partial charge in [-0.05, 0) is 23.1 Å². The Balaban J connectivity index is 2.49. The average Bonchev–Trinajstić information content (AvgIpc) is 2.90. The van der Waals surface area contributed by atoms with Gasteiger partial charge in [0.1, 0.15) is 0 Å². The van der Waals surface area contributed by atoms with Crippen LogP contribution in [0.3, 0.4) is 0 Å². The van der Waals surface area contributed by atoms with Crippen LogP contribution in [0.15, 0.2) is 24.3 Å². The summed E-state index contributed by atoms with van der Waals surface area (Å²) in [5, 5.41) is 10.4. The van der Waals surface area contributed by atoms with Crippen LogP contribution in [0, 0.1) is 5.41 Å². The summed E-state index contributed by atoms with van der Waals surface area (Å²) in [5.41, 5.74) is -2.58. The summed E-state index contributed by atoms with van der Waals surface area (Å²) in [5.74, 6) is 0.825. The van der Waals surface area contributed by atoms with Gasteiger partial charge in [0.05, 0.1) is 8.82 Å². The SMILES string of the molecule is [2H]/C(=C\C([2H])(O)C(C)(C([2H])([2H])[2H])C([2H])([2H])[2H])c1ccc2c(c1)OCO2. The highest BCUT2D eigenvalue weighted by atomic mass is 16.7. The first-order chi connectivity index (χ1) is 11.2. The predicted molar refractivity (Wildman–Crippen MR) is 67.1 cm³/mol. The molecule has 3 heteroatoms. The first-order valence-electron chi connectivity index (χ1n) is 9.02. The molecule has 1 N–H and O–H groups in total. The van der Waals surface area contributed by atoms with E-state index in [1.54, 1.807) is 0 Å². The van der Waals surface area contributed by atoms with Gasteiger partial charge in [0.15, 0.2) is 11.5 Å². The van der Waals surface area contributed by atoms with Crippen molar-refractivity contribution in [1.29, 1.82) is 0 Å². The van der Waals surface area contributed by atoms with Gasteiger partial charge in [-0.1, -0.05) is 38.8 Å². The van der Waals surface area contributed by atoms with Crippen LogP contribution in [0.25, 0.3) is 6.05 Å². The molecule has 1 aliphatic heterocycles. The maximum Gasteiger partial charge on any atom is 0.231 e. The van der Waals surface area contributed by atoms with Crippen LogP contribution in [0.5, 0.6) is 11.5 Å². The number of hydrogen-bond acceptors (Lipinski definition) is 3. The highest BCUT2D eigenvalue weighted by molar-refractivity contribution is 5.56. The van der Waals surface area contributed by atoms with Crippen LogP contribution >= 0.6 is 0 Å². The maximum absolute atomic E-state index is 10.4. The van der Waals surface area contributed by atoms with Crippen molar-refractivity contribution in [2.24, 2.45) is 5.41 Å². The minimum atomic E-state index is -3.17. The highest BCUT2D eigenvalue weighted by Gasteiger charge is 2.19. The normalized spacial score (nSPS) is 27.3. The van der Waals surface area contributed by atoms with Gasteiger partial charge < -0.3 is 14.6 Å². The lowest BCUT2D eigenvalue weighted by molar-refractivity contribution is 0.106. The van der Waals surface area contributed by atoms with Crippen LogP contribution in [0.2, 0.25) is 0 Å². The van der Waals surface area contributed by atoms with E-state index in [1.807, 2.05) is 0 Å². The Labute approximate surface area is 113 Å². The first kappa shape index (κ1) is 5.44. The zero-order valence-electron chi connectivity index (χ0n) is 17.3. The summed E-state index contributed by atoms with van der Waals surface area (Å²) in [6.07, 6.45) is -2.43. The Hall–Kier alpha value is -1.48. The molecule has 17 heavy (non-hydrogen) atoms. The lowest BCUT2D eigenvalue weighted by atomic mass is 9.89. The van der Waals surface area contributed by atoms with E-state index in [1.165, 1.54) is 18.2 Å². The molecule has 0 aromatic heterocycles. The molecule has 0 saturated carbocycles. The largest absolute Gasteiger partial charge is 0.454 e. The topological polar surface area (TPSA) is 38.7 Å². The van der Waals surface area contributed by atoms with Gasteiger partial charge in [-0.25, -0.2) is 0 Å².